The van der Waals surface area contributed by atoms with Crippen molar-refractivity contribution in [2.45, 2.75) is 19.3 Å². The van der Waals surface area contributed by atoms with Crippen LogP contribution in [-0.2, 0) is 21.9 Å². The number of fused-ring (bicyclic) bond motifs is 2. The predicted octanol–water partition coefficient (Wildman–Crippen LogP) is 3.11. The van der Waals surface area contributed by atoms with Crippen LogP contribution in [0.5, 0.6) is 0 Å². The minimum atomic E-state index is -3.61. The van der Waals surface area contributed by atoms with E-state index in [2.05, 4.69) is 5.32 Å². The minimum absolute atomic E-state index is 0.0118. The van der Waals surface area contributed by atoms with Crippen LogP contribution in [0, 0.1) is 0 Å². The fourth-order valence-electron chi connectivity index (χ4n) is 2.77. The van der Waals surface area contributed by atoms with Gasteiger partial charge in [-0.1, -0.05) is 30.3 Å². The van der Waals surface area contributed by atoms with Gasteiger partial charge in [-0.05, 0) is 24.6 Å². The normalized spacial score (nSPS) is 16.1. The van der Waals surface area contributed by atoms with E-state index in [9.17, 15) is 23.2 Å². The molecule has 0 aromatic heterocycles. The van der Waals surface area contributed by atoms with Gasteiger partial charge in [-0.25, -0.2) is 0 Å². The molecule has 7 heteroatoms. The van der Waals surface area contributed by atoms with Gasteiger partial charge in [0.1, 0.15) is 0 Å². The second kappa shape index (κ2) is 6.08. The summed E-state index contributed by atoms with van der Waals surface area (Å²) in [7, 11) is 0. The van der Waals surface area contributed by atoms with Gasteiger partial charge in [-0.2, -0.15) is 8.78 Å². The first kappa shape index (κ1) is 16.8. The molecule has 2 aromatic carbocycles. The monoisotopic (exact) mass is 344 g/mol. The molecule has 2 heterocycles. The van der Waals surface area contributed by atoms with Crippen molar-refractivity contribution in [3.63, 3.8) is 0 Å². The number of benzene rings is 2. The molecule has 0 radical (unpaired) electrons. The number of alkyl halides is 2. The van der Waals surface area contributed by atoms with E-state index in [4.69, 9.17) is 0 Å². The van der Waals surface area contributed by atoms with Crippen LogP contribution in [0.25, 0.3) is 0 Å². The molecular weight excluding hydrogens is 330 g/mol. The molecule has 0 aliphatic carbocycles. The van der Waals surface area contributed by atoms with E-state index in [1.165, 1.54) is 25.1 Å². The molecule has 5 nitrogen and oxygen atoms in total. The van der Waals surface area contributed by atoms with Gasteiger partial charge in [-0.15, -0.1) is 0 Å². The maximum Gasteiger partial charge on any atom is 0.352 e. The number of nitrogens with one attached hydrogen (secondary N) is 2. The number of carbonyl (C=O) groups excluding carboxylic acids is 3. The third kappa shape index (κ3) is 3.00. The number of ketones is 1. The summed E-state index contributed by atoms with van der Waals surface area (Å²) < 4.78 is 26.8. The summed E-state index contributed by atoms with van der Waals surface area (Å²) in [6, 6.07) is 11.8. The van der Waals surface area contributed by atoms with Crippen molar-refractivity contribution >= 4 is 29.0 Å². The molecule has 2 aromatic rings. The summed E-state index contributed by atoms with van der Waals surface area (Å²) in [4.78, 5) is 32.9. The number of hydrogen-bond donors (Lipinski definition) is 2. The molecular formula is C18H14F2N2O3. The quantitative estimate of drug-likeness (QED) is 0.781. The van der Waals surface area contributed by atoms with Gasteiger partial charge in [-0.3, -0.25) is 14.4 Å². The Kier molecular flexibility index (Phi) is 4.08. The highest BCUT2D eigenvalue weighted by molar-refractivity contribution is 6.09. The summed E-state index contributed by atoms with van der Waals surface area (Å²) in [5.74, 6) is -5.38. The Hall–Kier alpha value is -3.09. The number of rotatable bonds is 1. The standard InChI is InChI=1S/C10H7F2NO2.C8H7NO/c1-5(14)6-3-2-4-7-8(6)10(11,12)9(15)13-7;10-8-5-6-3-1-2-4-7(6)9-8/h2-4H,1H3,(H,13,15);1-4H,5H2,(H,9,10). The molecule has 2 aliphatic rings. The molecule has 25 heavy (non-hydrogen) atoms. The number of carbonyl (C=O) groups is 3. The van der Waals surface area contributed by atoms with E-state index in [0.717, 1.165) is 11.3 Å². The first-order valence-corrected chi connectivity index (χ1v) is 7.52. The molecule has 2 amide bonds. The molecule has 0 fully saturated rings. The minimum Gasteiger partial charge on any atom is -0.326 e. The Morgan fingerprint density at radius 1 is 1.00 bits per heavy atom. The zero-order chi connectivity index (χ0) is 18.2. The van der Waals surface area contributed by atoms with Crippen LogP contribution < -0.4 is 10.6 Å². The molecule has 0 atom stereocenters. The van der Waals surface area contributed by atoms with Gasteiger partial charge >= 0.3 is 5.92 Å². The topological polar surface area (TPSA) is 75.3 Å². The summed E-state index contributed by atoms with van der Waals surface area (Å²) in [6.07, 6.45) is 0.538. The van der Waals surface area contributed by atoms with Crippen molar-refractivity contribution < 1.29 is 23.2 Å². The van der Waals surface area contributed by atoms with Gasteiger partial charge in [0, 0.05) is 11.3 Å². The van der Waals surface area contributed by atoms with E-state index in [-0.39, 0.29) is 17.2 Å². The second-order valence-electron chi connectivity index (χ2n) is 5.69. The lowest BCUT2D eigenvalue weighted by Crippen LogP contribution is -2.25. The van der Waals surface area contributed by atoms with E-state index in [1.807, 2.05) is 29.6 Å². The molecule has 4 rings (SSSR count). The third-order valence-corrected chi connectivity index (χ3v) is 3.93. The van der Waals surface area contributed by atoms with Crippen LogP contribution in [0.2, 0.25) is 0 Å². The Labute approximate surface area is 142 Å². The van der Waals surface area contributed by atoms with Crippen LogP contribution in [0.15, 0.2) is 42.5 Å². The number of amides is 2. The zero-order valence-corrected chi connectivity index (χ0v) is 13.2. The van der Waals surface area contributed by atoms with Crippen LogP contribution >= 0.6 is 0 Å². The Morgan fingerprint density at radius 3 is 2.36 bits per heavy atom. The van der Waals surface area contributed by atoms with Gasteiger partial charge in [0.15, 0.2) is 5.78 Å². The Bertz CT molecular complexity index is 867. The molecule has 2 aliphatic heterocycles. The number of para-hydroxylation sites is 1. The predicted molar refractivity (Wildman–Crippen MR) is 87.7 cm³/mol. The summed E-state index contributed by atoms with van der Waals surface area (Å²) >= 11 is 0. The van der Waals surface area contributed by atoms with Crippen molar-refractivity contribution in [2.75, 3.05) is 10.6 Å². The highest BCUT2D eigenvalue weighted by atomic mass is 19.3. The van der Waals surface area contributed by atoms with E-state index < -0.39 is 23.2 Å². The van der Waals surface area contributed by atoms with E-state index in [1.54, 1.807) is 0 Å². The number of hydrogen-bond acceptors (Lipinski definition) is 3. The van der Waals surface area contributed by atoms with Crippen molar-refractivity contribution in [1.29, 1.82) is 0 Å². The van der Waals surface area contributed by atoms with Crippen molar-refractivity contribution in [1.82, 2.24) is 0 Å². The van der Waals surface area contributed by atoms with Crippen molar-refractivity contribution in [2.24, 2.45) is 0 Å². The average molecular weight is 344 g/mol. The first-order chi connectivity index (χ1) is 11.8. The van der Waals surface area contributed by atoms with Gasteiger partial charge in [0.05, 0.1) is 17.7 Å². The molecule has 0 saturated carbocycles. The maximum atomic E-state index is 13.4. The third-order valence-electron chi connectivity index (χ3n) is 3.93. The maximum absolute atomic E-state index is 13.4. The second-order valence-corrected chi connectivity index (χ2v) is 5.69. The summed E-state index contributed by atoms with van der Waals surface area (Å²) in [5.41, 5.74) is 1.45. The molecule has 0 saturated heterocycles. The lowest BCUT2D eigenvalue weighted by atomic mass is 10.00. The lowest BCUT2D eigenvalue weighted by molar-refractivity contribution is -0.139. The first-order valence-electron chi connectivity index (χ1n) is 7.52. The molecule has 2 N–H and O–H groups in total. The molecule has 128 valence electrons. The Balaban J connectivity index is 0.000000157. The summed E-state index contributed by atoms with van der Waals surface area (Å²) in [5, 5.41) is 4.80. The Morgan fingerprint density at radius 2 is 1.68 bits per heavy atom. The highest BCUT2D eigenvalue weighted by Gasteiger charge is 2.50. The fraction of sp³-hybridized carbons (Fsp3) is 0.167. The van der Waals surface area contributed by atoms with Gasteiger partial charge in [0.25, 0.3) is 5.91 Å². The van der Waals surface area contributed by atoms with Gasteiger partial charge in [0.2, 0.25) is 5.91 Å². The lowest BCUT2D eigenvalue weighted by Gasteiger charge is -2.09. The number of anilines is 2. The van der Waals surface area contributed by atoms with Gasteiger partial charge < -0.3 is 10.6 Å². The molecule has 0 spiro atoms. The smallest absolute Gasteiger partial charge is 0.326 e. The van der Waals surface area contributed by atoms with Crippen LogP contribution in [0.1, 0.15) is 28.4 Å². The van der Waals surface area contributed by atoms with E-state index >= 15 is 0 Å². The number of halogens is 2. The zero-order valence-electron chi connectivity index (χ0n) is 13.2. The largest absolute Gasteiger partial charge is 0.352 e. The SMILES string of the molecule is CC(=O)c1cccc2c1C(F)(F)C(=O)N2.O=C1Cc2ccccc2N1. The number of Topliss-reactive ketones (excluding diaryl/α,β-unsaturated/α-hetero) is 1. The van der Waals surface area contributed by atoms with Crippen molar-refractivity contribution in [3.8, 4) is 0 Å². The van der Waals surface area contributed by atoms with Crippen LogP contribution in [0.3, 0.4) is 0 Å². The summed E-state index contributed by atoms with van der Waals surface area (Å²) in [6.45, 7) is 1.19. The van der Waals surface area contributed by atoms with Crippen LogP contribution in [0.4, 0.5) is 20.2 Å². The molecule has 0 unspecified atom stereocenters. The van der Waals surface area contributed by atoms with E-state index in [0.29, 0.717) is 6.42 Å². The van der Waals surface area contributed by atoms with Crippen molar-refractivity contribution in [3.05, 3.63) is 59.2 Å². The average Bonchev–Trinajstić information content (AvgIpc) is 3.04. The molecule has 0 bridgehead atoms. The van der Waals surface area contributed by atoms with Crippen LogP contribution in [-0.4, -0.2) is 17.6 Å². The fourth-order valence-corrected chi connectivity index (χ4v) is 2.77. The highest BCUT2D eigenvalue weighted by Crippen LogP contribution is 2.42.